The molecule has 0 aromatic carbocycles. The Balaban J connectivity index is 2.03. The number of rotatable bonds is 3. The number of hydrogen-bond acceptors (Lipinski definition) is 5. The number of methoxy groups -OCH3 is 2. The van der Waals surface area contributed by atoms with E-state index in [0.29, 0.717) is 24.3 Å². The van der Waals surface area contributed by atoms with E-state index >= 15 is 0 Å². The number of esters is 1. The second kappa shape index (κ2) is 5.32. The van der Waals surface area contributed by atoms with Crippen molar-refractivity contribution in [3.8, 4) is 0 Å². The number of carbonyl (C=O) groups excluding carboxylic acids is 1. The third kappa shape index (κ3) is 1.99. The Morgan fingerprint density at radius 1 is 1.36 bits per heavy atom. The molecular weight excluding hydrogens is 284 g/mol. The summed E-state index contributed by atoms with van der Waals surface area (Å²) >= 11 is 0. The maximum Gasteiger partial charge on any atom is 0.337 e. The zero-order valence-electron chi connectivity index (χ0n) is 13.8. The summed E-state index contributed by atoms with van der Waals surface area (Å²) in [4.78, 5) is 12.1. The molecule has 22 heavy (non-hydrogen) atoms. The Morgan fingerprint density at radius 3 is 2.73 bits per heavy atom. The van der Waals surface area contributed by atoms with Gasteiger partial charge in [-0.25, -0.2) is 4.79 Å². The highest BCUT2D eigenvalue weighted by molar-refractivity contribution is 5.92. The van der Waals surface area contributed by atoms with Gasteiger partial charge in [-0.15, -0.1) is 0 Å². The largest absolute Gasteiger partial charge is 0.454 e. The second-order valence-electron chi connectivity index (χ2n) is 7.26. The van der Waals surface area contributed by atoms with E-state index in [-0.39, 0.29) is 30.2 Å². The van der Waals surface area contributed by atoms with Crippen LogP contribution in [0.2, 0.25) is 0 Å². The molecule has 0 aromatic rings. The van der Waals surface area contributed by atoms with Crippen LogP contribution in [-0.4, -0.2) is 49.7 Å². The van der Waals surface area contributed by atoms with Crippen LogP contribution >= 0.6 is 0 Å². The lowest BCUT2D eigenvalue weighted by Crippen LogP contribution is -2.65. The van der Waals surface area contributed by atoms with Crippen LogP contribution < -0.4 is 0 Å². The van der Waals surface area contributed by atoms with Crippen LogP contribution in [0, 0.1) is 11.3 Å². The third-order valence-electron chi connectivity index (χ3n) is 6.37. The molecule has 1 N–H and O–H groups in total. The summed E-state index contributed by atoms with van der Waals surface area (Å²) in [5.74, 6) is 0.0613. The van der Waals surface area contributed by atoms with Crippen LogP contribution in [-0.2, 0) is 19.0 Å². The second-order valence-corrected chi connectivity index (χ2v) is 7.26. The standard InChI is InChI=1S/C17H26O5/c1-10-5-6-14(21-4)17(19)8-13-11(7-16(10,17)2)12(9-20-3)15(18)22-13/h10,13-14,19H,5-9H2,1-4H3. The Labute approximate surface area is 131 Å². The van der Waals surface area contributed by atoms with E-state index in [1.54, 1.807) is 14.2 Å². The molecule has 2 saturated carbocycles. The van der Waals surface area contributed by atoms with Gasteiger partial charge in [0, 0.05) is 26.1 Å². The first-order valence-electron chi connectivity index (χ1n) is 8.04. The fraction of sp³-hybridized carbons (Fsp3) is 0.824. The van der Waals surface area contributed by atoms with E-state index in [1.165, 1.54) is 0 Å². The van der Waals surface area contributed by atoms with Crippen LogP contribution in [0.5, 0.6) is 0 Å². The molecule has 124 valence electrons. The molecule has 2 fully saturated rings. The van der Waals surface area contributed by atoms with Crippen molar-refractivity contribution < 1.29 is 24.1 Å². The Kier molecular flexibility index (Phi) is 3.86. The molecular formula is C17H26O5. The summed E-state index contributed by atoms with van der Waals surface area (Å²) in [6.07, 6.45) is 2.40. The highest BCUT2D eigenvalue weighted by atomic mass is 16.6. The first-order valence-corrected chi connectivity index (χ1v) is 8.04. The Morgan fingerprint density at radius 2 is 2.09 bits per heavy atom. The summed E-state index contributed by atoms with van der Waals surface area (Å²) in [6.45, 7) is 4.59. The van der Waals surface area contributed by atoms with Gasteiger partial charge in [-0.05, 0) is 30.8 Å². The average molecular weight is 310 g/mol. The molecule has 5 heteroatoms. The van der Waals surface area contributed by atoms with Crippen molar-refractivity contribution in [3.63, 3.8) is 0 Å². The van der Waals surface area contributed by atoms with E-state index in [1.807, 2.05) is 0 Å². The number of ether oxygens (including phenoxy) is 3. The zero-order valence-corrected chi connectivity index (χ0v) is 13.8. The molecule has 1 aliphatic heterocycles. The van der Waals surface area contributed by atoms with Crippen molar-refractivity contribution in [1.29, 1.82) is 0 Å². The van der Waals surface area contributed by atoms with Gasteiger partial charge >= 0.3 is 5.97 Å². The highest BCUT2D eigenvalue weighted by Crippen LogP contribution is 2.59. The van der Waals surface area contributed by atoms with Crippen molar-refractivity contribution in [2.75, 3.05) is 20.8 Å². The van der Waals surface area contributed by atoms with Gasteiger partial charge in [0.1, 0.15) is 11.7 Å². The predicted molar refractivity (Wildman–Crippen MR) is 80.3 cm³/mol. The minimum absolute atomic E-state index is 0.208. The predicted octanol–water partition coefficient (Wildman–Crippen LogP) is 1.83. The third-order valence-corrected chi connectivity index (χ3v) is 6.37. The van der Waals surface area contributed by atoms with Crippen molar-refractivity contribution in [2.24, 2.45) is 11.3 Å². The van der Waals surface area contributed by atoms with Gasteiger partial charge in [0.25, 0.3) is 0 Å². The Bertz CT molecular complexity index is 513. The summed E-state index contributed by atoms with van der Waals surface area (Å²) in [5, 5.41) is 11.5. The summed E-state index contributed by atoms with van der Waals surface area (Å²) in [7, 11) is 3.24. The van der Waals surface area contributed by atoms with Gasteiger partial charge in [-0.3, -0.25) is 0 Å². The van der Waals surface area contributed by atoms with Gasteiger partial charge in [0.15, 0.2) is 0 Å². The molecule has 0 bridgehead atoms. The molecule has 5 unspecified atom stereocenters. The number of hydrogen-bond donors (Lipinski definition) is 1. The first-order chi connectivity index (χ1) is 10.4. The lowest BCUT2D eigenvalue weighted by atomic mass is 9.51. The fourth-order valence-corrected chi connectivity index (χ4v) is 4.71. The molecule has 3 rings (SSSR count). The summed E-state index contributed by atoms with van der Waals surface area (Å²) in [5.41, 5.74) is 0.381. The van der Waals surface area contributed by atoms with Crippen molar-refractivity contribution in [3.05, 3.63) is 11.1 Å². The highest BCUT2D eigenvalue weighted by Gasteiger charge is 2.63. The smallest absolute Gasteiger partial charge is 0.337 e. The van der Waals surface area contributed by atoms with Crippen molar-refractivity contribution >= 4 is 5.97 Å². The summed E-state index contributed by atoms with van der Waals surface area (Å²) < 4.78 is 16.3. The molecule has 0 radical (unpaired) electrons. The normalized spacial score (nSPS) is 44.6. The van der Waals surface area contributed by atoms with Crippen LogP contribution in [0.3, 0.4) is 0 Å². The van der Waals surface area contributed by atoms with Crippen LogP contribution in [0.25, 0.3) is 0 Å². The minimum Gasteiger partial charge on any atom is -0.454 e. The van der Waals surface area contributed by atoms with Crippen LogP contribution in [0.15, 0.2) is 11.1 Å². The molecule has 0 saturated heterocycles. The molecule has 0 spiro atoms. The molecule has 2 aliphatic carbocycles. The van der Waals surface area contributed by atoms with Crippen molar-refractivity contribution in [1.82, 2.24) is 0 Å². The first kappa shape index (κ1) is 16.0. The number of fused-ring (bicyclic) bond motifs is 2. The SMILES string of the molecule is COCC1=C2CC3(C)C(C)CCC(OC)C3(O)CC2OC1=O. The molecule has 3 aliphatic rings. The quantitative estimate of drug-likeness (QED) is 0.806. The van der Waals surface area contributed by atoms with Gasteiger partial charge < -0.3 is 19.3 Å². The average Bonchev–Trinajstić information content (AvgIpc) is 2.74. The molecule has 5 atom stereocenters. The van der Waals surface area contributed by atoms with Crippen LogP contribution in [0.1, 0.15) is 39.5 Å². The summed E-state index contributed by atoms with van der Waals surface area (Å²) in [6, 6.07) is 0. The lowest BCUT2D eigenvalue weighted by molar-refractivity contribution is -0.228. The van der Waals surface area contributed by atoms with E-state index < -0.39 is 5.60 Å². The van der Waals surface area contributed by atoms with Crippen LogP contribution in [0.4, 0.5) is 0 Å². The lowest BCUT2D eigenvalue weighted by Gasteiger charge is -2.59. The minimum atomic E-state index is -0.962. The maximum absolute atomic E-state index is 12.1. The molecule has 1 heterocycles. The van der Waals surface area contributed by atoms with E-state index in [4.69, 9.17) is 14.2 Å². The molecule has 5 nitrogen and oxygen atoms in total. The van der Waals surface area contributed by atoms with E-state index in [0.717, 1.165) is 18.4 Å². The Hall–Kier alpha value is -0.910. The van der Waals surface area contributed by atoms with Gasteiger partial charge in [0.05, 0.1) is 18.3 Å². The number of aliphatic hydroxyl groups is 1. The number of carbonyl (C=O) groups is 1. The van der Waals surface area contributed by atoms with Gasteiger partial charge in [-0.2, -0.15) is 0 Å². The fourth-order valence-electron chi connectivity index (χ4n) is 4.71. The van der Waals surface area contributed by atoms with Crippen molar-refractivity contribution in [2.45, 2.75) is 57.3 Å². The topological polar surface area (TPSA) is 65.0 Å². The zero-order chi connectivity index (χ0) is 16.1. The molecule has 0 aromatic heterocycles. The monoisotopic (exact) mass is 310 g/mol. The van der Waals surface area contributed by atoms with Gasteiger partial charge in [0.2, 0.25) is 0 Å². The van der Waals surface area contributed by atoms with Gasteiger partial charge in [-0.1, -0.05) is 13.8 Å². The molecule has 0 amide bonds. The van der Waals surface area contributed by atoms with E-state index in [2.05, 4.69) is 13.8 Å². The van der Waals surface area contributed by atoms with E-state index in [9.17, 15) is 9.90 Å². The maximum atomic E-state index is 12.1.